The number of ketones is 1. The first-order valence-electron chi connectivity index (χ1n) is 5.65. The maximum absolute atomic E-state index is 13.1. The fourth-order valence-electron chi connectivity index (χ4n) is 1.98. The number of halogens is 1. The highest BCUT2D eigenvalue weighted by Gasteiger charge is 2.28. The van der Waals surface area contributed by atoms with Crippen molar-refractivity contribution in [2.24, 2.45) is 5.92 Å². The summed E-state index contributed by atoms with van der Waals surface area (Å²) in [7, 11) is 0. The van der Waals surface area contributed by atoms with Gasteiger partial charge in [-0.05, 0) is 18.2 Å². The molecule has 0 fully saturated rings. The number of nitrogens with zero attached hydrogens (tertiary/aromatic N) is 1. The lowest BCUT2D eigenvalue weighted by Gasteiger charge is -2.30. The van der Waals surface area contributed by atoms with E-state index in [1.807, 2.05) is 13.8 Å². The first kappa shape index (κ1) is 11.8. The van der Waals surface area contributed by atoms with Crippen LogP contribution in [-0.4, -0.2) is 18.2 Å². The Labute approximate surface area is 99.2 Å². The third kappa shape index (κ3) is 2.07. The number of amides is 1. The zero-order valence-corrected chi connectivity index (χ0v) is 9.87. The van der Waals surface area contributed by atoms with Crippen LogP contribution in [0.1, 0.15) is 30.6 Å². The van der Waals surface area contributed by atoms with Gasteiger partial charge in [-0.25, -0.2) is 4.39 Å². The largest absolute Gasteiger partial charge is 0.311 e. The normalized spacial score (nSPS) is 15.1. The Balaban J connectivity index is 2.46. The van der Waals surface area contributed by atoms with Crippen molar-refractivity contribution in [1.29, 1.82) is 0 Å². The van der Waals surface area contributed by atoms with Crippen molar-refractivity contribution in [2.75, 3.05) is 11.4 Å². The predicted octanol–water partition coefficient (Wildman–Crippen LogP) is 2.40. The molecule has 4 heteroatoms. The summed E-state index contributed by atoms with van der Waals surface area (Å²) in [6.45, 7) is 4.00. The monoisotopic (exact) mass is 235 g/mol. The van der Waals surface area contributed by atoms with Crippen molar-refractivity contribution in [1.82, 2.24) is 0 Å². The first-order valence-corrected chi connectivity index (χ1v) is 5.65. The van der Waals surface area contributed by atoms with E-state index in [-0.39, 0.29) is 24.0 Å². The molecule has 0 atom stereocenters. The van der Waals surface area contributed by atoms with Crippen molar-refractivity contribution in [3.8, 4) is 0 Å². The lowest BCUT2D eigenvalue weighted by molar-refractivity contribution is -0.121. The highest BCUT2D eigenvalue weighted by atomic mass is 19.1. The number of anilines is 1. The molecule has 0 N–H and O–H groups in total. The van der Waals surface area contributed by atoms with E-state index in [0.717, 1.165) is 0 Å². The van der Waals surface area contributed by atoms with Gasteiger partial charge < -0.3 is 4.90 Å². The lowest BCUT2D eigenvalue weighted by Crippen LogP contribution is -2.39. The summed E-state index contributed by atoms with van der Waals surface area (Å²) in [5, 5.41) is 0. The SMILES string of the molecule is CC(C)C(=O)N1CCC(=O)c2cc(F)ccc21. The van der Waals surface area contributed by atoms with Crippen molar-refractivity contribution in [2.45, 2.75) is 20.3 Å². The van der Waals surface area contributed by atoms with Crippen LogP contribution in [0.5, 0.6) is 0 Å². The van der Waals surface area contributed by atoms with E-state index < -0.39 is 5.82 Å². The molecule has 0 saturated carbocycles. The molecule has 0 radical (unpaired) electrons. The molecule has 0 aromatic heterocycles. The fraction of sp³-hybridized carbons (Fsp3) is 0.385. The predicted molar refractivity (Wildman–Crippen MR) is 62.5 cm³/mol. The lowest BCUT2D eigenvalue weighted by atomic mass is 9.99. The average molecular weight is 235 g/mol. The molecular formula is C13H14FNO2. The minimum atomic E-state index is -0.448. The van der Waals surface area contributed by atoms with Crippen LogP contribution in [0.2, 0.25) is 0 Å². The van der Waals surface area contributed by atoms with Gasteiger partial charge >= 0.3 is 0 Å². The molecule has 90 valence electrons. The van der Waals surface area contributed by atoms with E-state index in [4.69, 9.17) is 0 Å². The molecule has 0 spiro atoms. The van der Waals surface area contributed by atoms with E-state index >= 15 is 0 Å². The van der Waals surface area contributed by atoms with E-state index in [0.29, 0.717) is 17.8 Å². The Bertz CT molecular complexity index is 482. The molecule has 1 aromatic rings. The van der Waals surface area contributed by atoms with Crippen molar-refractivity contribution < 1.29 is 14.0 Å². The topological polar surface area (TPSA) is 37.4 Å². The van der Waals surface area contributed by atoms with Gasteiger partial charge in [-0.2, -0.15) is 0 Å². The van der Waals surface area contributed by atoms with Crippen LogP contribution in [-0.2, 0) is 4.79 Å². The summed E-state index contributed by atoms with van der Waals surface area (Å²) < 4.78 is 13.1. The summed E-state index contributed by atoms with van der Waals surface area (Å²) in [4.78, 5) is 25.2. The molecule has 0 aliphatic carbocycles. The standard InChI is InChI=1S/C13H14FNO2/c1-8(2)13(17)15-6-5-12(16)10-7-9(14)3-4-11(10)15/h3-4,7-8H,5-6H2,1-2H3. The number of fused-ring (bicyclic) bond motifs is 1. The quantitative estimate of drug-likeness (QED) is 0.749. The molecule has 1 aliphatic rings. The minimum absolute atomic E-state index is 0.0367. The Morgan fingerprint density at radius 3 is 2.76 bits per heavy atom. The third-order valence-corrected chi connectivity index (χ3v) is 2.87. The van der Waals surface area contributed by atoms with Crippen LogP contribution >= 0.6 is 0 Å². The van der Waals surface area contributed by atoms with Crippen molar-refractivity contribution in [3.63, 3.8) is 0 Å². The van der Waals surface area contributed by atoms with E-state index in [9.17, 15) is 14.0 Å². The molecule has 3 nitrogen and oxygen atoms in total. The van der Waals surface area contributed by atoms with E-state index in [1.165, 1.54) is 18.2 Å². The molecule has 1 heterocycles. The van der Waals surface area contributed by atoms with E-state index in [2.05, 4.69) is 0 Å². The van der Waals surface area contributed by atoms with Crippen molar-refractivity contribution >= 4 is 17.4 Å². The van der Waals surface area contributed by atoms with Gasteiger partial charge in [-0.1, -0.05) is 13.8 Å². The summed E-state index contributed by atoms with van der Waals surface area (Å²) in [5.74, 6) is -0.727. The van der Waals surface area contributed by atoms with Gasteiger partial charge in [-0.15, -0.1) is 0 Å². The molecule has 1 aromatic carbocycles. The first-order chi connectivity index (χ1) is 8.00. The Morgan fingerprint density at radius 1 is 1.41 bits per heavy atom. The maximum atomic E-state index is 13.1. The molecule has 1 amide bonds. The second-order valence-corrected chi connectivity index (χ2v) is 4.48. The summed E-state index contributed by atoms with van der Waals surface area (Å²) in [6.07, 6.45) is 0.259. The number of Topliss-reactive ketones (excluding diaryl/α,β-unsaturated/α-hetero) is 1. The molecule has 1 aliphatic heterocycles. The van der Waals surface area contributed by atoms with Gasteiger partial charge in [0.15, 0.2) is 5.78 Å². The van der Waals surface area contributed by atoms with Gasteiger partial charge in [0.2, 0.25) is 5.91 Å². The van der Waals surface area contributed by atoms with E-state index in [1.54, 1.807) is 4.90 Å². The van der Waals surface area contributed by atoms with Crippen LogP contribution in [0.25, 0.3) is 0 Å². The van der Waals surface area contributed by atoms with Gasteiger partial charge in [0.05, 0.1) is 5.69 Å². The number of hydrogen-bond acceptors (Lipinski definition) is 2. The summed E-state index contributed by atoms with van der Waals surface area (Å²) >= 11 is 0. The molecular weight excluding hydrogens is 221 g/mol. The van der Waals surface area contributed by atoms with Crippen LogP contribution < -0.4 is 4.90 Å². The average Bonchev–Trinajstić information content (AvgIpc) is 2.29. The number of benzene rings is 1. The molecule has 0 bridgehead atoms. The molecule has 2 rings (SSSR count). The highest BCUT2D eigenvalue weighted by Crippen LogP contribution is 2.28. The number of rotatable bonds is 1. The zero-order valence-electron chi connectivity index (χ0n) is 9.87. The summed E-state index contributed by atoms with van der Waals surface area (Å²) in [6, 6.07) is 3.98. The molecule has 0 saturated heterocycles. The van der Waals surface area contributed by atoms with Gasteiger partial charge in [0, 0.05) is 24.4 Å². The van der Waals surface area contributed by atoms with Crippen LogP contribution in [0.15, 0.2) is 18.2 Å². The van der Waals surface area contributed by atoms with Crippen molar-refractivity contribution in [3.05, 3.63) is 29.6 Å². The second kappa shape index (κ2) is 4.28. The van der Waals surface area contributed by atoms with Gasteiger partial charge in [0.25, 0.3) is 0 Å². The molecule has 0 unspecified atom stereocenters. The number of carbonyl (C=O) groups excluding carboxylic acids is 2. The van der Waals surface area contributed by atoms with Gasteiger partial charge in [0.1, 0.15) is 5.82 Å². The smallest absolute Gasteiger partial charge is 0.229 e. The Hall–Kier alpha value is -1.71. The molecule has 17 heavy (non-hydrogen) atoms. The zero-order chi connectivity index (χ0) is 12.6. The van der Waals surface area contributed by atoms with Crippen LogP contribution in [0, 0.1) is 11.7 Å². The Kier molecular flexibility index (Phi) is 2.96. The van der Waals surface area contributed by atoms with Crippen LogP contribution in [0.3, 0.4) is 0 Å². The van der Waals surface area contributed by atoms with Gasteiger partial charge in [-0.3, -0.25) is 9.59 Å². The second-order valence-electron chi connectivity index (χ2n) is 4.48. The number of hydrogen-bond donors (Lipinski definition) is 0. The highest BCUT2D eigenvalue weighted by molar-refractivity contribution is 6.09. The minimum Gasteiger partial charge on any atom is -0.311 e. The number of carbonyl (C=O) groups is 2. The van der Waals surface area contributed by atoms with Crippen LogP contribution in [0.4, 0.5) is 10.1 Å². The third-order valence-electron chi connectivity index (χ3n) is 2.87. The Morgan fingerprint density at radius 2 is 2.12 bits per heavy atom. The fourth-order valence-corrected chi connectivity index (χ4v) is 1.98. The maximum Gasteiger partial charge on any atom is 0.229 e. The summed E-state index contributed by atoms with van der Waals surface area (Å²) in [5.41, 5.74) is 0.839.